The molecule has 0 saturated heterocycles. The summed E-state index contributed by atoms with van der Waals surface area (Å²) in [5, 5.41) is 0. The van der Waals surface area contributed by atoms with Crippen LogP contribution in [0.1, 0.15) is 303 Å². The van der Waals surface area contributed by atoms with Crippen LogP contribution in [-0.2, 0) is 28.6 Å². The van der Waals surface area contributed by atoms with E-state index in [0.717, 1.165) is 116 Å². The van der Waals surface area contributed by atoms with E-state index < -0.39 is 6.10 Å². The topological polar surface area (TPSA) is 78.9 Å². The van der Waals surface area contributed by atoms with E-state index in [1.165, 1.54) is 148 Å². The van der Waals surface area contributed by atoms with Gasteiger partial charge < -0.3 is 14.2 Å². The Hall–Kier alpha value is -3.67. The molecule has 430 valence electrons. The van der Waals surface area contributed by atoms with Gasteiger partial charge in [0.05, 0.1) is 0 Å². The summed E-state index contributed by atoms with van der Waals surface area (Å²) in [6.07, 6.45) is 84.2. The van der Waals surface area contributed by atoms with Crippen molar-refractivity contribution in [1.29, 1.82) is 0 Å². The van der Waals surface area contributed by atoms with Crippen molar-refractivity contribution < 1.29 is 28.6 Å². The summed E-state index contributed by atoms with van der Waals surface area (Å²) in [5.41, 5.74) is 0. The van der Waals surface area contributed by atoms with Gasteiger partial charge in [-0.3, -0.25) is 14.4 Å². The van der Waals surface area contributed by atoms with Crippen LogP contribution in [0.3, 0.4) is 0 Å². The summed E-state index contributed by atoms with van der Waals surface area (Å²) in [5.74, 6) is -0.875. The van der Waals surface area contributed by atoms with Gasteiger partial charge in [0.15, 0.2) is 6.10 Å². The Kier molecular flexibility index (Phi) is 59.8. The van der Waals surface area contributed by atoms with Crippen molar-refractivity contribution in [3.05, 3.63) is 97.2 Å². The molecule has 75 heavy (non-hydrogen) atoms. The molecule has 0 amide bonds. The molecule has 0 aromatic carbocycles. The quantitative estimate of drug-likeness (QED) is 0.0261. The fraction of sp³-hybridized carbons (Fsp3) is 0.725. The van der Waals surface area contributed by atoms with Crippen LogP contribution in [0.5, 0.6) is 0 Å². The molecule has 0 aromatic heterocycles. The monoisotopic (exact) mass is 1040 g/mol. The van der Waals surface area contributed by atoms with Gasteiger partial charge in [-0.05, 0) is 83.5 Å². The third-order valence-corrected chi connectivity index (χ3v) is 13.6. The molecule has 0 spiro atoms. The highest BCUT2D eigenvalue weighted by atomic mass is 16.6. The van der Waals surface area contributed by atoms with Crippen molar-refractivity contribution >= 4 is 17.9 Å². The highest BCUT2D eigenvalue weighted by molar-refractivity contribution is 5.71. The van der Waals surface area contributed by atoms with Crippen LogP contribution in [0, 0.1) is 0 Å². The normalized spacial score (nSPS) is 12.7. The molecule has 0 aromatic rings. The number of allylic oxidation sites excluding steroid dienone is 16. The zero-order valence-corrected chi connectivity index (χ0v) is 49.3. The molecule has 0 radical (unpaired) electrons. The number of carbonyl (C=O) groups excluding carboxylic acids is 3. The summed E-state index contributed by atoms with van der Waals surface area (Å²) < 4.78 is 16.9. The van der Waals surface area contributed by atoms with Crippen molar-refractivity contribution in [3.63, 3.8) is 0 Å². The molecule has 0 rings (SSSR count). The van der Waals surface area contributed by atoms with E-state index >= 15 is 0 Å². The van der Waals surface area contributed by atoms with Crippen LogP contribution in [0.2, 0.25) is 0 Å². The maximum atomic E-state index is 12.8. The number of rotatable bonds is 57. The molecule has 0 aliphatic heterocycles. The molecule has 0 N–H and O–H groups in total. The first-order valence-corrected chi connectivity index (χ1v) is 31.7. The first-order valence-electron chi connectivity index (χ1n) is 31.7. The van der Waals surface area contributed by atoms with E-state index in [-0.39, 0.29) is 31.1 Å². The molecule has 0 saturated carbocycles. The Morgan fingerprint density at radius 3 is 0.813 bits per heavy atom. The lowest BCUT2D eigenvalue weighted by atomic mass is 10.0. The zero-order valence-electron chi connectivity index (χ0n) is 49.3. The van der Waals surface area contributed by atoms with Gasteiger partial charge in [0.2, 0.25) is 0 Å². The molecule has 0 aliphatic rings. The molecule has 0 aliphatic carbocycles. The average Bonchev–Trinajstić information content (AvgIpc) is 3.41. The van der Waals surface area contributed by atoms with Gasteiger partial charge in [-0.1, -0.05) is 298 Å². The highest BCUT2D eigenvalue weighted by Crippen LogP contribution is 2.16. The highest BCUT2D eigenvalue weighted by Gasteiger charge is 2.19. The fourth-order valence-electron chi connectivity index (χ4n) is 8.87. The molecule has 0 fully saturated rings. The third-order valence-electron chi connectivity index (χ3n) is 13.6. The smallest absolute Gasteiger partial charge is 0.306 e. The molecule has 6 nitrogen and oxygen atoms in total. The minimum Gasteiger partial charge on any atom is -0.462 e. The molecule has 1 unspecified atom stereocenters. The Bertz CT molecular complexity index is 1480. The lowest BCUT2D eigenvalue weighted by Crippen LogP contribution is -2.30. The lowest BCUT2D eigenvalue weighted by Gasteiger charge is -2.18. The number of hydrogen-bond acceptors (Lipinski definition) is 6. The number of carbonyl (C=O) groups is 3. The van der Waals surface area contributed by atoms with Crippen LogP contribution >= 0.6 is 0 Å². The average molecular weight is 1040 g/mol. The minimum atomic E-state index is -0.776. The maximum absolute atomic E-state index is 12.8. The Balaban J connectivity index is 4.18. The summed E-state index contributed by atoms with van der Waals surface area (Å²) in [6.45, 7) is 6.53. The number of unbranched alkanes of at least 4 members (excludes halogenated alkanes) is 30. The maximum Gasteiger partial charge on any atom is 0.306 e. The molecular formula is C69H118O6. The number of esters is 3. The van der Waals surface area contributed by atoms with Gasteiger partial charge in [0.1, 0.15) is 13.2 Å². The van der Waals surface area contributed by atoms with Crippen LogP contribution < -0.4 is 0 Å². The van der Waals surface area contributed by atoms with Gasteiger partial charge in [0, 0.05) is 19.3 Å². The van der Waals surface area contributed by atoms with Crippen molar-refractivity contribution in [3.8, 4) is 0 Å². The van der Waals surface area contributed by atoms with Crippen molar-refractivity contribution in [2.24, 2.45) is 0 Å². The van der Waals surface area contributed by atoms with Crippen molar-refractivity contribution in [2.45, 2.75) is 309 Å². The van der Waals surface area contributed by atoms with E-state index in [0.29, 0.717) is 19.3 Å². The molecule has 0 bridgehead atoms. The van der Waals surface area contributed by atoms with Crippen LogP contribution in [0.4, 0.5) is 0 Å². The van der Waals surface area contributed by atoms with E-state index in [2.05, 4.69) is 118 Å². The summed E-state index contributed by atoms with van der Waals surface area (Å²) >= 11 is 0. The Morgan fingerprint density at radius 2 is 0.520 bits per heavy atom. The molecule has 1 atom stereocenters. The van der Waals surface area contributed by atoms with Gasteiger partial charge in [0.25, 0.3) is 0 Å². The van der Waals surface area contributed by atoms with Crippen LogP contribution in [0.25, 0.3) is 0 Å². The largest absolute Gasteiger partial charge is 0.462 e. The Labute approximate surface area is 464 Å². The zero-order chi connectivity index (χ0) is 54.3. The fourth-order valence-corrected chi connectivity index (χ4v) is 8.87. The predicted octanol–water partition coefficient (Wildman–Crippen LogP) is 21.7. The SMILES string of the molecule is CC/C=C\C/C=C\C/C=C\C/C=C\C/C=C\C/C=C\C/C=C\C/C=C\CCCCCCCCCCC(=O)OCC(COC(=O)CCCCCCCCCCCC)OC(=O)CCCCCCCCCCCCCCCC. The second kappa shape index (κ2) is 62.9. The first kappa shape index (κ1) is 71.3. The summed E-state index contributed by atoms with van der Waals surface area (Å²) in [6, 6.07) is 0. The molecule has 0 heterocycles. The summed E-state index contributed by atoms with van der Waals surface area (Å²) in [7, 11) is 0. The van der Waals surface area contributed by atoms with E-state index in [9.17, 15) is 14.4 Å². The summed E-state index contributed by atoms with van der Waals surface area (Å²) in [4.78, 5) is 38.1. The van der Waals surface area contributed by atoms with Gasteiger partial charge in [-0.15, -0.1) is 0 Å². The van der Waals surface area contributed by atoms with Crippen molar-refractivity contribution in [2.75, 3.05) is 13.2 Å². The van der Waals surface area contributed by atoms with Gasteiger partial charge in [-0.25, -0.2) is 0 Å². The van der Waals surface area contributed by atoms with Crippen LogP contribution in [0.15, 0.2) is 97.2 Å². The van der Waals surface area contributed by atoms with Crippen LogP contribution in [-0.4, -0.2) is 37.2 Å². The molecular weight excluding hydrogens is 925 g/mol. The number of ether oxygens (including phenoxy) is 3. The standard InChI is InChI=1S/C69H118O6/c1-4-7-10-13-16-19-22-24-26-27-28-29-30-31-32-33-34-35-36-37-38-39-40-41-42-43-44-46-47-50-53-56-59-62-68(71)74-65-66(64-73-67(70)61-58-55-52-49-21-18-15-12-9-6-3)75-69(72)63-60-57-54-51-48-45-25-23-20-17-14-11-8-5-2/h7,10,16,19,24,26,28-29,31-32,34-35,37-38,40-41,66H,4-6,8-9,11-15,17-18,20-23,25,27,30,33,36,39,42-65H2,1-3H3/b10-7-,19-16-,26-24-,29-28-,32-31-,35-34-,38-37-,41-40-. The predicted molar refractivity (Wildman–Crippen MR) is 325 cm³/mol. The molecule has 6 heteroatoms. The number of hydrogen-bond donors (Lipinski definition) is 0. The van der Waals surface area contributed by atoms with E-state index in [1.54, 1.807) is 0 Å². The van der Waals surface area contributed by atoms with Gasteiger partial charge in [-0.2, -0.15) is 0 Å². The third kappa shape index (κ3) is 61.1. The lowest BCUT2D eigenvalue weighted by molar-refractivity contribution is -0.167. The van der Waals surface area contributed by atoms with E-state index in [1.807, 2.05) is 0 Å². The van der Waals surface area contributed by atoms with Gasteiger partial charge >= 0.3 is 17.9 Å². The Morgan fingerprint density at radius 1 is 0.280 bits per heavy atom. The van der Waals surface area contributed by atoms with E-state index in [4.69, 9.17) is 14.2 Å². The second-order valence-electron chi connectivity index (χ2n) is 21.0. The van der Waals surface area contributed by atoms with Crippen molar-refractivity contribution in [1.82, 2.24) is 0 Å². The minimum absolute atomic E-state index is 0.0751. The first-order chi connectivity index (χ1) is 37.0. The second-order valence-corrected chi connectivity index (χ2v) is 21.0.